The number of aryl methyl sites for hydroxylation is 1. The fraction of sp³-hybridized carbons (Fsp3) is 0.500. The van der Waals surface area contributed by atoms with Crippen molar-refractivity contribution in [1.29, 1.82) is 0 Å². The second-order valence-electron chi connectivity index (χ2n) is 7.47. The number of amides is 1. The van der Waals surface area contributed by atoms with E-state index in [9.17, 15) is 4.79 Å². The van der Waals surface area contributed by atoms with Crippen LogP contribution in [0.3, 0.4) is 0 Å². The van der Waals surface area contributed by atoms with Crippen molar-refractivity contribution >= 4 is 17.5 Å². The van der Waals surface area contributed by atoms with E-state index in [-0.39, 0.29) is 5.91 Å². The standard InChI is InChI=1S/C20H25ClN4O/c1-13-2-5-16(10-18(13)21)25-19(15-3-4-15)17(12-24-25)20(26)23-9-7-14-6-8-22-11-14/h2,5,10,12,14-15,22H,3-4,6-9,11H2,1H3,(H,23,26). The van der Waals surface area contributed by atoms with Gasteiger partial charge in [0, 0.05) is 17.5 Å². The Morgan fingerprint density at radius 2 is 2.23 bits per heavy atom. The molecule has 1 aliphatic carbocycles. The Hall–Kier alpha value is -1.85. The molecule has 5 nitrogen and oxygen atoms in total. The van der Waals surface area contributed by atoms with Crippen LogP contribution in [-0.4, -0.2) is 35.3 Å². The highest BCUT2D eigenvalue weighted by Crippen LogP contribution is 2.42. The number of benzene rings is 1. The summed E-state index contributed by atoms with van der Waals surface area (Å²) in [5, 5.41) is 11.7. The molecule has 0 bridgehead atoms. The van der Waals surface area contributed by atoms with Gasteiger partial charge < -0.3 is 10.6 Å². The van der Waals surface area contributed by atoms with Gasteiger partial charge in [-0.25, -0.2) is 4.68 Å². The quantitative estimate of drug-likeness (QED) is 0.816. The zero-order chi connectivity index (χ0) is 18.1. The first kappa shape index (κ1) is 17.6. The van der Waals surface area contributed by atoms with Gasteiger partial charge in [-0.05, 0) is 69.3 Å². The lowest BCUT2D eigenvalue weighted by atomic mass is 10.1. The molecule has 2 N–H and O–H groups in total. The van der Waals surface area contributed by atoms with Crippen LogP contribution in [0.15, 0.2) is 24.4 Å². The largest absolute Gasteiger partial charge is 0.352 e. The molecule has 6 heteroatoms. The molecule has 1 amide bonds. The number of hydrogen-bond donors (Lipinski definition) is 2. The van der Waals surface area contributed by atoms with E-state index in [0.717, 1.165) is 60.9 Å². The molecular weight excluding hydrogens is 348 g/mol. The van der Waals surface area contributed by atoms with Crippen LogP contribution >= 0.6 is 11.6 Å². The van der Waals surface area contributed by atoms with Gasteiger partial charge in [0.2, 0.25) is 0 Å². The molecule has 1 aromatic carbocycles. The predicted molar refractivity (Wildman–Crippen MR) is 103 cm³/mol. The van der Waals surface area contributed by atoms with Crippen molar-refractivity contribution in [3.63, 3.8) is 0 Å². The van der Waals surface area contributed by atoms with Gasteiger partial charge in [-0.1, -0.05) is 17.7 Å². The molecule has 0 spiro atoms. The molecule has 2 aromatic rings. The molecule has 1 aliphatic heterocycles. The minimum absolute atomic E-state index is 0.0117. The van der Waals surface area contributed by atoms with Crippen LogP contribution in [0.25, 0.3) is 5.69 Å². The third-order valence-corrected chi connectivity index (χ3v) is 5.82. The zero-order valence-electron chi connectivity index (χ0n) is 15.1. The summed E-state index contributed by atoms with van der Waals surface area (Å²) in [5.41, 5.74) is 3.67. The highest BCUT2D eigenvalue weighted by molar-refractivity contribution is 6.31. The molecule has 1 saturated carbocycles. The van der Waals surface area contributed by atoms with Crippen molar-refractivity contribution in [2.45, 2.75) is 38.5 Å². The van der Waals surface area contributed by atoms with Crippen molar-refractivity contribution in [3.05, 3.63) is 46.2 Å². The zero-order valence-corrected chi connectivity index (χ0v) is 15.9. The lowest BCUT2D eigenvalue weighted by Crippen LogP contribution is -2.27. The maximum Gasteiger partial charge on any atom is 0.254 e. The van der Waals surface area contributed by atoms with Crippen LogP contribution in [0.4, 0.5) is 0 Å². The third-order valence-electron chi connectivity index (χ3n) is 5.42. The Balaban J connectivity index is 1.52. The van der Waals surface area contributed by atoms with Crippen LogP contribution in [0, 0.1) is 12.8 Å². The average Bonchev–Trinajstić information content (AvgIpc) is 3.16. The SMILES string of the molecule is Cc1ccc(-n2ncc(C(=O)NCCC3CCNC3)c2C2CC2)cc1Cl. The molecule has 138 valence electrons. The maximum atomic E-state index is 12.7. The smallest absolute Gasteiger partial charge is 0.254 e. The van der Waals surface area contributed by atoms with E-state index in [1.165, 1.54) is 6.42 Å². The molecule has 1 saturated heterocycles. The van der Waals surface area contributed by atoms with Gasteiger partial charge in [0.05, 0.1) is 23.1 Å². The Morgan fingerprint density at radius 1 is 1.38 bits per heavy atom. The van der Waals surface area contributed by atoms with Crippen LogP contribution in [-0.2, 0) is 0 Å². The van der Waals surface area contributed by atoms with Gasteiger partial charge in [-0.2, -0.15) is 5.10 Å². The van der Waals surface area contributed by atoms with Crippen LogP contribution in [0.2, 0.25) is 5.02 Å². The number of rotatable bonds is 6. The number of hydrogen-bond acceptors (Lipinski definition) is 3. The van der Waals surface area contributed by atoms with Crippen LogP contribution < -0.4 is 10.6 Å². The Labute approximate surface area is 159 Å². The molecular formula is C20H25ClN4O. The van der Waals surface area contributed by atoms with Crippen molar-refractivity contribution in [2.24, 2.45) is 5.92 Å². The highest BCUT2D eigenvalue weighted by atomic mass is 35.5. The van der Waals surface area contributed by atoms with Crippen molar-refractivity contribution in [2.75, 3.05) is 19.6 Å². The Kier molecular flexibility index (Phi) is 5.00. The number of carbonyl (C=O) groups is 1. The van der Waals surface area contributed by atoms with Crippen molar-refractivity contribution in [1.82, 2.24) is 20.4 Å². The first-order chi connectivity index (χ1) is 12.6. The summed E-state index contributed by atoms with van der Waals surface area (Å²) in [6, 6.07) is 5.92. The summed E-state index contributed by atoms with van der Waals surface area (Å²) in [7, 11) is 0. The molecule has 4 rings (SSSR count). The first-order valence-electron chi connectivity index (χ1n) is 9.47. The van der Waals surface area contributed by atoms with E-state index in [2.05, 4.69) is 15.7 Å². The van der Waals surface area contributed by atoms with Gasteiger partial charge in [0.1, 0.15) is 0 Å². The fourth-order valence-corrected chi connectivity index (χ4v) is 3.82. The Morgan fingerprint density at radius 3 is 2.92 bits per heavy atom. The van der Waals surface area contributed by atoms with E-state index >= 15 is 0 Å². The van der Waals surface area contributed by atoms with E-state index < -0.39 is 0 Å². The number of aromatic nitrogens is 2. The molecule has 26 heavy (non-hydrogen) atoms. The average molecular weight is 373 g/mol. The molecule has 1 atom stereocenters. The monoisotopic (exact) mass is 372 g/mol. The number of halogens is 1. The molecule has 1 aromatic heterocycles. The lowest BCUT2D eigenvalue weighted by molar-refractivity contribution is 0.0950. The summed E-state index contributed by atoms with van der Waals surface area (Å²) in [6.07, 6.45) is 6.15. The predicted octanol–water partition coefficient (Wildman–Crippen LogP) is 3.44. The van der Waals surface area contributed by atoms with Crippen LogP contribution in [0.1, 0.15) is 53.2 Å². The minimum Gasteiger partial charge on any atom is -0.352 e. The number of nitrogens with zero attached hydrogens (tertiary/aromatic N) is 2. The summed E-state index contributed by atoms with van der Waals surface area (Å²) in [6.45, 7) is 4.86. The summed E-state index contributed by atoms with van der Waals surface area (Å²) < 4.78 is 1.89. The third kappa shape index (κ3) is 3.64. The summed E-state index contributed by atoms with van der Waals surface area (Å²) >= 11 is 6.29. The van der Waals surface area contributed by atoms with Crippen LogP contribution in [0.5, 0.6) is 0 Å². The lowest BCUT2D eigenvalue weighted by Gasteiger charge is -2.11. The normalized spacial score (nSPS) is 19.7. The number of carbonyl (C=O) groups excluding carboxylic acids is 1. The summed E-state index contributed by atoms with van der Waals surface area (Å²) in [5.74, 6) is 1.08. The maximum absolute atomic E-state index is 12.7. The Bertz CT molecular complexity index is 806. The van der Waals surface area contributed by atoms with Crippen molar-refractivity contribution < 1.29 is 4.79 Å². The molecule has 1 unspecified atom stereocenters. The number of nitrogens with one attached hydrogen (secondary N) is 2. The topological polar surface area (TPSA) is 59.0 Å². The van der Waals surface area contributed by atoms with Gasteiger partial charge in [-0.3, -0.25) is 4.79 Å². The van der Waals surface area contributed by atoms with E-state index in [0.29, 0.717) is 17.4 Å². The van der Waals surface area contributed by atoms with Gasteiger partial charge in [-0.15, -0.1) is 0 Å². The van der Waals surface area contributed by atoms with Crippen molar-refractivity contribution in [3.8, 4) is 5.69 Å². The molecule has 0 radical (unpaired) electrons. The second kappa shape index (κ2) is 7.41. The fourth-order valence-electron chi connectivity index (χ4n) is 3.65. The van der Waals surface area contributed by atoms with Gasteiger partial charge in [0.25, 0.3) is 5.91 Å². The van der Waals surface area contributed by atoms with E-state index in [1.54, 1.807) is 6.20 Å². The molecule has 2 aliphatic rings. The second-order valence-corrected chi connectivity index (χ2v) is 7.87. The summed E-state index contributed by atoms with van der Waals surface area (Å²) in [4.78, 5) is 12.7. The van der Waals surface area contributed by atoms with Gasteiger partial charge >= 0.3 is 0 Å². The van der Waals surface area contributed by atoms with E-state index in [1.807, 2.05) is 29.8 Å². The molecule has 2 fully saturated rings. The first-order valence-corrected chi connectivity index (χ1v) is 9.84. The van der Waals surface area contributed by atoms with E-state index in [4.69, 9.17) is 11.6 Å². The molecule has 2 heterocycles. The highest BCUT2D eigenvalue weighted by Gasteiger charge is 2.33. The minimum atomic E-state index is -0.0117. The van der Waals surface area contributed by atoms with Gasteiger partial charge in [0.15, 0.2) is 0 Å².